The smallest absolute Gasteiger partial charge is 0.254 e. The summed E-state index contributed by atoms with van der Waals surface area (Å²) in [6.45, 7) is 12.2. The van der Waals surface area contributed by atoms with E-state index in [4.69, 9.17) is 0 Å². The van der Waals surface area contributed by atoms with Gasteiger partial charge in [-0.1, -0.05) is 13.3 Å². The van der Waals surface area contributed by atoms with Gasteiger partial charge in [0.2, 0.25) is 10.0 Å². The Morgan fingerprint density at radius 2 is 1.83 bits per heavy atom. The molecule has 0 atom stereocenters. The van der Waals surface area contributed by atoms with E-state index in [0.717, 1.165) is 37.8 Å². The molecule has 1 fully saturated rings. The number of nitrogens with one attached hydrogen (secondary N) is 1. The third kappa shape index (κ3) is 4.99. The van der Waals surface area contributed by atoms with Gasteiger partial charge in [0.1, 0.15) is 0 Å². The molecule has 1 amide bonds. The van der Waals surface area contributed by atoms with E-state index in [2.05, 4.69) is 44.8 Å². The van der Waals surface area contributed by atoms with Crippen LogP contribution in [0, 0.1) is 0 Å². The predicted octanol–water partition coefficient (Wildman–Crippen LogP) is 3.56. The Bertz CT molecular complexity index is 892. The first kappa shape index (κ1) is 23.1. The van der Waals surface area contributed by atoms with Crippen molar-refractivity contribution in [2.45, 2.75) is 83.8 Å². The van der Waals surface area contributed by atoms with E-state index >= 15 is 0 Å². The highest BCUT2D eigenvalue weighted by Gasteiger charge is 2.41. The molecule has 2 aliphatic rings. The minimum Gasteiger partial charge on any atom is -0.336 e. The Morgan fingerprint density at radius 1 is 1.20 bits per heavy atom. The van der Waals surface area contributed by atoms with Crippen LogP contribution in [0.3, 0.4) is 0 Å². The molecular formula is C23H37N3O3S. The number of hydrogen-bond donors (Lipinski definition) is 1. The molecular weight excluding hydrogens is 398 g/mol. The number of carbonyl (C=O) groups excluding carboxylic acids is 1. The molecule has 1 N–H and O–H groups in total. The van der Waals surface area contributed by atoms with Crippen LogP contribution in [-0.4, -0.2) is 55.7 Å². The first-order valence-electron chi connectivity index (χ1n) is 11.0. The highest BCUT2D eigenvalue weighted by Crippen LogP contribution is 2.34. The molecule has 3 rings (SSSR count). The van der Waals surface area contributed by atoms with Gasteiger partial charge in [0.05, 0.1) is 11.9 Å². The van der Waals surface area contributed by atoms with Crippen LogP contribution in [0.1, 0.15) is 76.2 Å². The minimum atomic E-state index is -3.29. The predicted molar refractivity (Wildman–Crippen MR) is 123 cm³/mol. The summed E-state index contributed by atoms with van der Waals surface area (Å²) in [4.78, 5) is 15.7. The van der Waals surface area contributed by atoms with E-state index in [-0.39, 0.29) is 23.0 Å². The zero-order chi connectivity index (χ0) is 22.3. The van der Waals surface area contributed by atoms with Crippen molar-refractivity contribution in [3.63, 3.8) is 0 Å². The summed E-state index contributed by atoms with van der Waals surface area (Å²) in [5.74, 6) is 0.0579. The molecule has 1 aromatic carbocycles. The van der Waals surface area contributed by atoms with E-state index in [1.54, 1.807) is 12.1 Å². The van der Waals surface area contributed by atoms with Gasteiger partial charge in [0.25, 0.3) is 5.91 Å². The highest BCUT2D eigenvalue weighted by atomic mass is 32.2. The maximum Gasteiger partial charge on any atom is 0.254 e. The number of benzene rings is 1. The Kier molecular flexibility index (Phi) is 6.27. The SMILES string of the molecule is CCCCN(C(=O)c1ccc2c(c1)CCN2S(C)(=O)=O)C1CC(C)(C)NC(C)(C)C1. The van der Waals surface area contributed by atoms with Gasteiger partial charge in [-0.15, -0.1) is 0 Å². The zero-order valence-corrected chi connectivity index (χ0v) is 20.1. The number of anilines is 1. The summed E-state index contributed by atoms with van der Waals surface area (Å²) in [6.07, 6.45) is 5.72. The Hall–Kier alpha value is -1.60. The van der Waals surface area contributed by atoms with Gasteiger partial charge in [-0.05, 0) is 77.1 Å². The largest absolute Gasteiger partial charge is 0.336 e. The third-order valence-corrected chi connectivity index (χ3v) is 7.38. The van der Waals surface area contributed by atoms with Crippen molar-refractivity contribution >= 4 is 21.6 Å². The second-order valence-electron chi connectivity index (χ2n) is 10.2. The number of nitrogens with zero attached hydrogens (tertiary/aromatic N) is 2. The normalized spacial score (nSPS) is 20.8. The third-order valence-electron chi connectivity index (χ3n) is 6.20. The second kappa shape index (κ2) is 8.15. The molecule has 0 bridgehead atoms. The Labute approximate surface area is 182 Å². The van der Waals surface area contributed by atoms with Crippen molar-refractivity contribution in [3.05, 3.63) is 29.3 Å². The number of fused-ring (bicyclic) bond motifs is 1. The number of amides is 1. The van der Waals surface area contributed by atoms with Crippen LogP contribution in [0.25, 0.3) is 0 Å². The van der Waals surface area contributed by atoms with Crippen LogP contribution in [0.15, 0.2) is 18.2 Å². The number of carbonyl (C=O) groups is 1. The molecule has 30 heavy (non-hydrogen) atoms. The maximum atomic E-state index is 13.6. The van der Waals surface area contributed by atoms with E-state index in [0.29, 0.717) is 24.2 Å². The van der Waals surface area contributed by atoms with Crippen LogP contribution in [0.5, 0.6) is 0 Å². The molecule has 0 radical (unpaired) electrons. The van der Waals surface area contributed by atoms with Crippen LogP contribution in [0.2, 0.25) is 0 Å². The van der Waals surface area contributed by atoms with E-state index in [9.17, 15) is 13.2 Å². The molecule has 1 saturated heterocycles. The minimum absolute atomic E-state index is 0.0366. The van der Waals surface area contributed by atoms with Crippen molar-refractivity contribution < 1.29 is 13.2 Å². The lowest BCUT2D eigenvalue weighted by Crippen LogP contribution is -2.62. The molecule has 6 nitrogen and oxygen atoms in total. The fourth-order valence-electron chi connectivity index (χ4n) is 5.28. The molecule has 0 unspecified atom stereocenters. The van der Waals surface area contributed by atoms with Crippen LogP contribution in [-0.2, 0) is 16.4 Å². The second-order valence-corrected chi connectivity index (χ2v) is 12.1. The van der Waals surface area contributed by atoms with Gasteiger partial charge >= 0.3 is 0 Å². The van der Waals surface area contributed by atoms with Crippen LogP contribution >= 0.6 is 0 Å². The van der Waals surface area contributed by atoms with Gasteiger partial charge in [0, 0.05) is 35.8 Å². The molecule has 0 spiro atoms. The number of piperidine rings is 1. The molecule has 168 valence electrons. The van der Waals surface area contributed by atoms with Crippen molar-refractivity contribution in [3.8, 4) is 0 Å². The first-order valence-corrected chi connectivity index (χ1v) is 12.9. The van der Waals surface area contributed by atoms with Gasteiger partial charge in [-0.25, -0.2) is 8.42 Å². The molecule has 1 aromatic rings. The number of sulfonamides is 1. The molecule has 2 aliphatic heterocycles. The lowest BCUT2D eigenvalue weighted by atomic mass is 9.78. The first-order chi connectivity index (χ1) is 13.8. The van der Waals surface area contributed by atoms with Crippen molar-refractivity contribution in [2.75, 3.05) is 23.7 Å². The Morgan fingerprint density at radius 3 is 2.40 bits per heavy atom. The highest BCUT2D eigenvalue weighted by molar-refractivity contribution is 7.92. The average Bonchev–Trinajstić information content (AvgIpc) is 3.02. The topological polar surface area (TPSA) is 69.7 Å². The molecule has 2 heterocycles. The summed E-state index contributed by atoms with van der Waals surface area (Å²) in [6, 6.07) is 5.67. The summed E-state index contributed by atoms with van der Waals surface area (Å²) < 4.78 is 25.5. The zero-order valence-electron chi connectivity index (χ0n) is 19.3. The monoisotopic (exact) mass is 435 g/mol. The number of hydrogen-bond acceptors (Lipinski definition) is 4. The van der Waals surface area contributed by atoms with Gasteiger partial charge < -0.3 is 10.2 Å². The van der Waals surface area contributed by atoms with Crippen LogP contribution < -0.4 is 9.62 Å². The van der Waals surface area contributed by atoms with Gasteiger partial charge in [-0.2, -0.15) is 0 Å². The molecule has 0 saturated carbocycles. The molecule has 0 aromatic heterocycles. The molecule has 7 heteroatoms. The fourth-order valence-corrected chi connectivity index (χ4v) is 6.24. The van der Waals surface area contributed by atoms with E-state index < -0.39 is 10.0 Å². The van der Waals surface area contributed by atoms with Gasteiger partial charge in [-0.3, -0.25) is 9.10 Å². The number of rotatable bonds is 6. The lowest BCUT2D eigenvalue weighted by Gasteiger charge is -2.49. The summed E-state index contributed by atoms with van der Waals surface area (Å²) in [5.41, 5.74) is 2.23. The Balaban J connectivity index is 1.90. The van der Waals surface area contributed by atoms with E-state index in [1.807, 2.05) is 6.07 Å². The fraction of sp³-hybridized carbons (Fsp3) is 0.696. The quantitative estimate of drug-likeness (QED) is 0.742. The van der Waals surface area contributed by atoms with Crippen molar-refractivity contribution in [1.29, 1.82) is 0 Å². The van der Waals surface area contributed by atoms with Crippen molar-refractivity contribution in [1.82, 2.24) is 10.2 Å². The van der Waals surface area contributed by atoms with Crippen LogP contribution in [0.4, 0.5) is 5.69 Å². The average molecular weight is 436 g/mol. The van der Waals surface area contributed by atoms with Crippen molar-refractivity contribution in [2.24, 2.45) is 0 Å². The standard InChI is InChI=1S/C23H37N3O3S/c1-7-8-12-25(19-15-22(2,3)24-23(4,5)16-19)21(27)18-9-10-20-17(14-18)11-13-26(20)30(6,28)29/h9-10,14,19,24H,7-8,11-13,15-16H2,1-6H3. The summed E-state index contributed by atoms with van der Waals surface area (Å²) in [5, 5.41) is 3.70. The number of unbranched alkanes of at least 4 members (excludes halogenated alkanes) is 1. The van der Waals surface area contributed by atoms with E-state index in [1.165, 1.54) is 10.6 Å². The lowest BCUT2D eigenvalue weighted by molar-refractivity contribution is 0.0441. The maximum absolute atomic E-state index is 13.6. The summed E-state index contributed by atoms with van der Waals surface area (Å²) in [7, 11) is -3.29. The van der Waals surface area contributed by atoms with Gasteiger partial charge in [0.15, 0.2) is 0 Å². The summed E-state index contributed by atoms with van der Waals surface area (Å²) >= 11 is 0. The molecule has 0 aliphatic carbocycles.